The Labute approximate surface area is 95.5 Å². The summed E-state index contributed by atoms with van der Waals surface area (Å²) >= 11 is 0. The number of carbonyl (C=O) groups is 1. The molecule has 92 valence electrons. The van der Waals surface area contributed by atoms with Gasteiger partial charge in [-0.1, -0.05) is 0 Å². The number of hydrogen-bond donors (Lipinski definition) is 1. The molecule has 2 heterocycles. The summed E-state index contributed by atoms with van der Waals surface area (Å²) in [6.07, 6.45) is 0. The lowest BCUT2D eigenvalue weighted by molar-refractivity contribution is 0.130. The molecule has 0 bridgehead atoms. The fraction of sp³-hybridized carbons (Fsp3) is 0.889. The summed E-state index contributed by atoms with van der Waals surface area (Å²) in [5.74, 6) is 0.235. The van der Waals surface area contributed by atoms with Crippen LogP contribution in [0.15, 0.2) is 0 Å². The molecule has 0 aromatic heterocycles. The maximum Gasteiger partial charge on any atom is 0.319 e. The number of fused-ring (bicyclic) bond motifs is 1. The standard InChI is InChI=1S/C9H17N3O3S/c1-11(2)9(13)12-4-3-10-7-5-16(14,15)6-8(7)12/h7-8,10H,3-6H2,1-2H3/t7-,8-/m0/s1. The monoisotopic (exact) mass is 247 g/mol. The van der Waals surface area contributed by atoms with Gasteiger partial charge in [-0.3, -0.25) is 0 Å². The molecule has 0 spiro atoms. The predicted molar refractivity (Wildman–Crippen MR) is 60.0 cm³/mol. The third-order valence-corrected chi connectivity index (χ3v) is 4.83. The highest BCUT2D eigenvalue weighted by Gasteiger charge is 2.44. The Balaban J connectivity index is 2.19. The van der Waals surface area contributed by atoms with Gasteiger partial charge in [-0.25, -0.2) is 13.2 Å². The SMILES string of the molecule is CN(C)C(=O)N1CCN[C@H]2CS(=O)(=O)C[C@@H]21. The van der Waals surface area contributed by atoms with Gasteiger partial charge in [-0.2, -0.15) is 0 Å². The van der Waals surface area contributed by atoms with E-state index in [1.807, 2.05) is 0 Å². The number of sulfone groups is 1. The molecule has 7 heteroatoms. The van der Waals surface area contributed by atoms with Crippen LogP contribution in [-0.2, 0) is 9.84 Å². The van der Waals surface area contributed by atoms with Crippen molar-refractivity contribution in [1.82, 2.24) is 15.1 Å². The average Bonchev–Trinajstić information content (AvgIpc) is 2.49. The Bertz CT molecular complexity index is 393. The fourth-order valence-corrected chi connectivity index (χ4v) is 4.32. The molecule has 2 fully saturated rings. The van der Waals surface area contributed by atoms with Crippen LogP contribution in [0.5, 0.6) is 0 Å². The van der Waals surface area contributed by atoms with E-state index in [4.69, 9.17) is 0 Å². The first-order valence-electron chi connectivity index (χ1n) is 5.32. The number of nitrogens with zero attached hydrogens (tertiary/aromatic N) is 2. The normalized spacial score (nSPS) is 32.2. The molecule has 2 amide bonds. The molecule has 0 aromatic carbocycles. The van der Waals surface area contributed by atoms with Crippen LogP contribution < -0.4 is 5.32 Å². The number of piperazine rings is 1. The van der Waals surface area contributed by atoms with Crippen molar-refractivity contribution in [3.05, 3.63) is 0 Å². The zero-order valence-corrected chi connectivity index (χ0v) is 10.3. The molecule has 0 radical (unpaired) electrons. The quantitative estimate of drug-likeness (QED) is 0.580. The van der Waals surface area contributed by atoms with Gasteiger partial charge in [0.15, 0.2) is 9.84 Å². The molecule has 2 atom stereocenters. The third-order valence-electron chi connectivity index (χ3n) is 3.11. The Hall–Kier alpha value is -0.820. The van der Waals surface area contributed by atoms with Crippen LogP contribution in [0.4, 0.5) is 4.79 Å². The van der Waals surface area contributed by atoms with Crippen molar-refractivity contribution in [3.8, 4) is 0 Å². The molecule has 6 nitrogen and oxygen atoms in total. The molecule has 2 aliphatic rings. The second-order valence-corrected chi connectivity index (χ2v) is 6.73. The minimum atomic E-state index is -3.00. The zero-order valence-electron chi connectivity index (χ0n) is 9.51. The van der Waals surface area contributed by atoms with Gasteiger partial charge in [0.25, 0.3) is 0 Å². The Morgan fingerprint density at radius 3 is 2.69 bits per heavy atom. The Morgan fingerprint density at radius 1 is 1.38 bits per heavy atom. The van der Waals surface area contributed by atoms with Crippen LogP contribution >= 0.6 is 0 Å². The van der Waals surface area contributed by atoms with Crippen LogP contribution in [0, 0.1) is 0 Å². The van der Waals surface area contributed by atoms with E-state index in [-0.39, 0.29) is 29.6 Å². The minimum absolute atomic E-state index is 0.0875. The van der Waals surface area contributed by atoms with Crippen molar-refractivity contribution in [1.29, 1.82) is 0 Å². The highest BCUT2D eigenvalue weighted by Crippen LogP contribution is 2.21. The molecule has 1 N–H and O–H groups in total. The smallest absolute Gasteiger partial charge is 0.319 e. The van der Waals surface area contributed by atoms with Gasteiger partial charge in [0, 0.05) is 33.2 Å². The summed E-state index contributed by atoms with van der Waals surface area (Å²) < 4.78 is 23.1. The van der Waals surface area contributed by atoms with E-state index in [1.54, 1.807) is 19.0 Å². The Morgan fingerprint density at radius 2 is 2.06 bits per heavy atom. The highest BCUT2D eigenvalue weighted by atomic mass is 32.2. The van der Waals surface area contributed by atoms with Gasteiger partial charge < -0.3 is 15.1 Å². The predicted octanol–water partition coefficient (Wildman–Crippen LogP) is -1.26. The van der Waals surface area contributed by atoms with Crippen molar-refractivity contribution in [2.24, 2.45) is 0 Å². The maximum atomic E-state index is 11.9. The van der Waals surface area contributed by atoms with Crippen molar-refractivity contribution in [2.45, 2.75) is 12.1 Å². The topological polar surface area (TPSA) is 69.7 Å². The van der Waals surface area contributed by atoms with Crippen molar-refractivity contribution < 1.29 is 13.2 Å². The summed E-state index contributed by atoms with van der Waals surface area (Å²) in [7, 11) is 0.371. The van der Waals surface area contributed by atoms with Gasteiger partial charge in [0.2, 0.25) is 0 Å². The van der Waals surface area contributed by atoms with E-state index in [2.05, 4.69) is 5.32 Å². The molecule has 0 saturated carbocycles. The molecule has 2 saturated heterocycles. The summed E-state index contributed by atoms with van der Waals surface area (Å²) in [4.78, 5) is 15.0. The maximum absolute atomic E-state index is 11.9. The van der Waals surface area contributed by atoms with E-state index in [0.717, 1.165) is 0 Å². The van der Waals surface area contributed by atoms with Crippen LogP contribution in [0.3, 0.4) is 0 Å². The van der Waals surface area contributed by atoms with E-state index in [9.17, 15) is 13.2 Å². The lowest BCUT2D eigenvalue weighted by Crippen LogP contribution is -2.60. The van der Waals surface area contributed by atoms with Crippen LogP contribution in [0.1, 0.15) is 0 Å². The molecule has 2 aliphatic heterocycles. The van der Waals surface area contributed by atoms with Gasteiger partial charge in [0.05, 0.1) is 17.5 Å². The first-order valence-corrected chi connectivity index (χ1v) is 7.14. The third kappa shape index (κ3) is 2.01. The van der Waals surface area contributed by atoms with Gasteiger partial charge in [-0.15, -0.1) is 0 Å². The van der Waals surface area contributed by atoms with Crippen LogP contribution in [0.25, 0.3) is 0 Å². The zero-order chi connectivity index (χ0) is 11.9. The van der Waals surface area contributed by atoms with Crippen molar-refractivity contribution >= 4 is 15.9 Å². The lowest BCUT2D eigenvalue weighted by Gasteiger charge is -2.38. The first-order chi connectivity index (χ1) is 7.41. The number of nitrogens with one attached hydrogen (secondary N) is 1. The van der Waals surface area contributed by atoms with Gasteiger partial charge >= 0.3 is 6.03 Å². The number of amides is 2. The molecule has 0 aromatic rings. The molecule has 2 rings (SSSR count). The second kappa shape index (κ2) is 3.89. The molecular weight excluding hydrogens is 230 g/mol. The average molecular weight is 247 g/mol. The molecular formula is C9H17N3O3S. The molecule has 0 aliphatic carbocycles. The lowest BCUT2D eigenvalue weighted by atomic mass is 10.1. The van der Waals surface area contributed by atoms with E-state index in [1.165, 1.54) is 4.90 Å². The van der Waals surface area contributed by atoms with E-state index >= 15 is 0 Å². The summed E-state index contributed by atoms with van der Waals surface area (Å²) in [6.45, 7) is 1.24. The number of carbonyl (C=O) groups excluding carboxylic acids is 1. The minimum Gasteiger partial charge on any atom is -0.331 e. The largest absolute Gasteiger partial charge is 0.331 e. The number of urea groups is 1. The second-order valence-electron chi connectivity index (χ2n) is 4.58. The van der Waals surface area contributed by atoms with Gasteiger partial charge in [-0.05, 0) is 0 Å². The summed E-state index contributed by atoms with van der Waals surface area (Å²) in [6, 6.07) is -0.398. The van der Waals surface area contributed by atoms with Crippen molar-refractivity contribution in [2.75, 3.05) is 38.7 Å². The number of rotatable bonds is 0. The molecule has 16 heavy (non-hydrogen) atoms. The van der Waals surface area contributed by atoms with Crippen LogP contribution in [0.2, 0.25) is 0 Å². The number of hydrogen-bond acceptors (Lipinski definition) is 4. The van der Waals surface area contributed by atoms with Crippen molar-refractivity contribution in [3.63, 3.8) is 0 Å². The fourth-order valence-electron chi connectivity index (χ4n) is 2.36. The van der Waals surface area contributed by atoms with Crippen LogP contribution in [-0.4, -0.2) is 75.0 Å². The highest BCUT2D eigenvalue weighted by molar-refractivity contribution is 7.91. The first kappa shape index (κ1) is 11.7. The van der Waals surface area contributed by atoms with E-state index < -0.39 is 9.84 Å². The van der Waals surface area contributed by atoms with E-state index in [0.29, 0.717) is 13.1 Å². The summed E-state index contributed by atoms with van der Waals surface area (Å²) in [5.41, 5.74) is 0. The Kier molecular flexibility index (Phi) is 2.83. The van der Waals surface area contributed by atoms with Gasteiger partial charge in [0.1, 0.15) is 0 Å². The summed E-state index contributed by atoms with van der Waals surface area (Å²) in [5, 5.41) is 3.17. The molecule has 0 unspecified atom stereocenters.